The van der Waals surface area contributed by atoms with Crippen molar-refractivity contribution in [3.63, 3.8) is 0 Å². The highest BCUT2D eigenvalue weighted by Crippen LogP contribution is 2.32. The molecule has 0 bridgehead atoms. The van der Waals surface area contributed by atoms with E-state index >= 15 is 0 Å². The maximum absolute atomic E-state index is 5.74. The molecule has 0 aromatic rings. The molecule has 0 radical (unpaired) electrons. The Morgan fingerprint density at radius 1 is 1.50 bits per heavy atom. The van der Waals surface area contributed by atoms with E-state index < -0.39 is 0 Å². The van der Waals surface area contributed by atoms with Gasteiger partial charge in [-0.3, -0.25) is 4.99 Å². The van der Waals surface area contributed by atoms with Crippen LogP contribution >= 0.6 is 11.8 Å². The molecule has 2 heterocycles. The molecular formula is C13H23N3OS. The minimum Gasteiger partial charge on any atom is -0.374 e. The van der Waals surface area contributed by atoms with E-state index in [1.807, 2.05) is 11.8 Å². The Hall–Kier alpha value is -0.260. The lowest BCUT2D eigenvalue weighted by atomic mass is 10.1. The van der Waals surface area contributed by atoms with Gasteiger partial charge in [-0.25, -0.2) is 0 Å². The van der Waals surface area contributed by atoms with Crippen molar-refractivity contribution in [3.05, 3.63) is 0 Å². The minimum atomic E-state index is 0.278. The molecule has 2 aliphatic heterocycles. The molecule has 1 aliphatic carbocycles. The Morgan fingerprint density at radius 3 is 3.33 bits per heavy atom. The van der Waals surface area contributed by atoms with Gasteiger partial charge in [0, 0.05) is 24.9 Å². The van der Waals surface area contributed by atoms with E-state index in [-0.39, 0.29) is 6.10 Å². The molecule has 2 saturated heterocycles. The summed E-state index contributed by atoms with van der Waals surface area (Å²) in [6, 6.07) is 0.694. The topological polar surface area (TPSA) is 36.9 Å². The second-order valence-electron chi connectivity index (χ2n) is 5.65. The molecule has 4 nitrogen and oxygen atoms in total. The Bertz CT molecular complexity index is 323. The Kier molecular flexibility index (Phi) is 4.11. The lowest BCUT2D eigenvalue weighted by molar-refractivity contribution is -0.0135. The van der Waals surface area contributed by atoms with E-state index in [9.17, 15) is 0 Å². The van der Waals surface area contributed by atoms with Crippen LogP contribution < -0.4 is 5.32 Å². The summed E-state index contributed by atoms with van der Waals surface area (Å²) in [5.41, 5.74) is 0. The zero-order chi connectivity index (χ0) is 12.4. The molecule has 3 atom stereocenters. The Morgan fingerprint density at radius 2 is 2.44 bits per heavy atom. The standard InChI is InChI=1S/C13H23N3OS/c1-16-5-6-17-11(8-16)7-14-13-15-12-4-2-3-10(12)9-18-13/h10-12H,2-9H2,1H3,(H,14,15). The summed E-state index contributed by atoms with van der Waals surface area (Å²) in [7, 11) is 2.15. The second kappa shape index (κ2) is 5.80. The number of nitrogens with zero attached hydrogens (tertiary/aromatic N) is 2. The summed E-state index contributed by atoms with van der Waals surface area (Å²) in [4.78, 5) is 7.04. The number of aliphatic imine (C=N–C) groups is 1. The van der Waals surface area contributed by atoms with Gasteiger partial charge in [0.1, 0.15) is 0 Å². The zero-order valence-electron chi connectivity index (χ0n) is 11.1. The van der Waals surface area contributed by atoms with Gasteiger partial charge < -0.3 is 15.0 Å². The Labute approximate surface area is 114 Å². The van der Waals surface area contributed by atoms with Crippen LogP contribution in [0.5, 0.6) is 0 Å². The number of nitrogens with one attached hydrogen (secondary N) is 1. The lowest BCUT2D eigenvalue weighted by Gasteiger charge is -2.30. The third-order valence-electron chi connectivity index (χ3n) is 4.18. The first-order chi connectivity index (χ1) is 8.81. The maximum atomic E-state index is 5.74. The average Bonchev–Trinajstić information content (AvgIpc) is 2.84. The van der Waals surface area contributed by atoms with Crippen LogP contribution in [0.2, 0.25) is 0 Å². The molecule has 3 rings (SSSR count). The summed E-state index contributed by atoms with van der Waals surface area (Å²) in [6.07, 6.45) is 4.38. The lowest BCUT2D eigenvalue weighted by Crippen LogP contribution is -2.43. The number of likely N-dealkylation sites (N-methyl/N-ethyl adjacent to an activating group) is 1. The highest BCUT2D eigenvalue weighted by atomic mass is 32.2. The smallest absolute Gasteiger partial charge is 0.156 e. The SMILES string of the molecule is CN1CCOC(CN=C2NC3CCCC3CS2)C1. The fraction of sp³-hybridized carbons (Fsp3) is 0.923. The summed E-state index contributed by atoms with van der Waals surface area (Å²) in [5, 5.41) is 4.76. The highest BCUT2D eigenvalue weighted by molar-refractivity contribution is 8.13. The van der Waals surface area contributed by atoms with Crippen molar-refractivity contribution in [2.45, 2.75) is 31.4 Å². The van der Waals surface area contributed by atoms with Crippen LogP contribution in [0, 0.1) is 5.92 Å². The van der Waals surface area contributed by atoms with Crippen LogP contribution in [0.4, 0.5) is 0 Å². The number of fused-ring (bicyclic) bond motifs is 1. The minimum absolute atomic E-state index is 0.278. The van der Waals surface area contributed by atoms with Crippen molar-refractivity contribution in [1.29, 1.82) is 0 Å². The Balaban J connectivity index is 1.50. The second-order valence-corrected chi connectivity index (χ2v) is 6.66. The average molecular weight is 269 g/mol. The molecule has 1 saturated carbocycles. The van der Waals surface area contributed by atoms with Crippen LogP contribution in [0.1, 0.15) is 19.3 Å². The zero-order valence-corrected chi connectivity index (χ0v) is 11.9. The van der Waals surface area contributed by atoms with Gasteiger partial charge in [0.05, 0.1) is 19.3 Å². The molecule has 3 fully saturated rings. The monoisotopic (exact) mass is 269 g/mol. The molecule has 0 aromatic carbocycles. The molecule has 5 heteroatoms. The molecule has 0 spiro atoms. The molecule has 0 amide bonds. The van der Waals surface area contributed by atoms with E-state index in [0.29, 0.717) is 6.04 Å². The fourth-order valence-electron chi connectivity index (χ4n) is 3.07. The van der Waals surface area contributed by atoms with Gasteiger partial charge in [-0.05, 0) is 25.8 Å². The van der Waals surface area contributed by atoms with Crippen LogP contribution in [-0.2, 0) is 4.74 Å². The highest BCUT2D eigenvalue weighted by Gasteiger charge is 2.32. The first-order valence-electron chi connectivity index (χ1n) is 7.05. The van der Waals surface area contributed by atoms with Crippen LogP contribution in [-0.4, -0.2) is 61.3 Å². The number of ether oxygens (including phenoxy) is 1. The third-order valence-corrected chi connectivity index (χ3v) is 5.30. The molecule has 1 N–H and O–H groups in total. The number of rotatable bonds is 2. The number of hydrogen-bond acceptors (Lipinski definition) is 4. The van der Waals surface area contributed by atoms with E-state index in [2.05, 4.69) is 17.3 Å². The predicted octanol–water partition coefficient (Wildman–Crippen LogP) is 1.18. The van der Waals surface area contributed by atoms with Crippen molar-refractivity contribution >= 4 is 16.9 Å². The normalized spacial score (nSPS) is 39.6. The van der Waals surface area contributed by atoms with Crippen LogP contribution in [0.25, 0.3) is 0 Å². The summed E-state index contributed by atoms with van der Waals surface area (Å²) >= 11 is 1.90. The first-order valence-corrected chi connectivity index (χ1v) is 8.04. The van der Waals surface area contributed by atoms with Gasteiger partial charge in [-0.2, -0.15) is 0 Å². The van der Waals surface area contributed by atoms with Gasteiger partial charge in [0.15, 0.2) is 5.17 Å². The molecule has 0 aromatic heterocycles. The van der Waals surface area contributed by atoms with Crippen molar-refractivity contribution in [1.82, 2.24) is 10.2 Å². The summed E-state index contributed by atoms with van der Waals surface area (Å²) in [5.74, 6) is 2.13. The first kappa shape index (κ1) is 12.8. The predicted molar refractivity (Wildman–Crippen MR) is 76.3 cm³/mol. The van der Waals surface area contributed by atoms with Crippen molar-refractivity contribution in [2.24, 2.45) is 10.9 Å². The largest absolute Gasteiger partial charge is 0.374 e. The van der Waals surface area contributed by atoms with Gasteiger partial charge in [-0.15, -0.1) is 0 Å². The molecule has 102 valence electrons. The van der Waals surface area contributed by atoms with Crippen molar-refractivity contribution in [3.8, 4) is 0 Å². The molecule has 3 unspecified atom stereocenters. The van der Waals surface area contributed by atoms with E-state index in [1.165, 1.54) is 25.0 Å². The summed E-state index contributed by atoms with van der Waals surface area (Å²) in [6.45, 7) is 3.70. The van der Waals surface area contributed by atoms with Crippen molar-refractivity contribution < 1.29 is 4.74 Å². The number of hydrogen-bond donors (Lipinski definition) is 1. The van der Waals surface area contributed by atoms with E-state index in [4.69, 9.17) is 9.73 Å². The van der Waals surface area contributed by atoms with E-state index in [0.717, 1.165) is 37.3 Å². The molecule has 18 heavy (non-hydrogen) atoms. The fourth-order valence-corrected chi connectivity index (χ4v) is 4.24. The van der Waals surface area contributed by atoms with Gasteiger partial charge in [-0.1, -0.05) is 18.2 Å². The summed E-state index contributed by atoms with van der Waals surface area (Å²) < 4.78 is 5.74. The van der Waals surface area contributed by atoms with Gasteiger partial charge in [0.2, 0.25) is 0 Å². The maximum Gasteiger partial charge on any atom is 0.156 e. The van der Waals surface area contributed by atoms with Crippen LogP contribution in [0.3, 0.4) is 0 Å². The van der Waals surface area contributed by atoms with Gasteiger partial charge in [0.25, 0.3) is 0 Å². The number of amidine groups is 1. The molecule has 3 aliphatic rings. The quantitative estimate of drug-likeness (QED) is 0.817. The van der Waals surface area contributed by atoms with Crippen LogP contribution in [0.15, 0.2) is 4.99 Å². The van der Waals surface area contributed by atoms with Gasteiger partial charge >= 0.3 is 0 Å². The molecular weight excluding hydrogens is 246 g/mol. The number of morpholine rings is 1. The number of thioether (sulfide) groups is 1. The van der Waals surface area contributed by atoms with E-state index in [1.54, 1.807) is 0 Å². The third kappa shape index (κ3) is 3.00. The van der Waals surface area contributed by atoms with Crippen molar-refractivity contribution in [2.75, 3.05) is 39.0 Å².